The summed E-state index contributed by atoms with van der Waals surface area (Å²) in [7, 11) is 1.65. The molecule has 0 fully saturated rings. The molecule has 1 aromatic carbocycles. The van der Waals surface area contributed by atoms with Gasteiger partial charge in [0.25, 0.3) is 0 Å². The quantitative estimate of drug-likeness (QED) is 0.745. The maximum absolute atomic E-state index is 5.66. The van der Waals surface area contributed by atoms with Crippen molar-refractivity contribution in [1.82, 2.24) is 4.98 Å². The Bertz CT molecular complexity index is 480. The molecule has 3 nitrogen and oxygen atoms in total. The third-order valence-electron chi connectivity index (χ3n) is 2.20. The first kappa shape index (κ1) is 8.81. The van der Waals surface area contributed by atoms with Gasteiger partial charge in [-0.15, -0.1) is 0 Å². The fourth-order valence-corrected chi connectivity index (χ4v) is 1.53. The monoisotopic (exact) mass is 188 g/mol. The first-order valence-corrected chi connectivity index (χ1v) is 4.40. The van der Waals surface area contributed by atoms with Gasteiger partial charge >= 0.3 is 0 Å². The Labute approximate surface area is 82.5 Å². The predicted octanol–water partition coefficient (Wildman–Crippen LogP) is 2.13. The zero-order valence-electron chi connectivity index (χ0n) is 8.24. The highest BCUT2D eigenvalue weighted by Crippen LogP contribution is 2.24. The van der Waals surface area contributed by atoms with Gasteiger partial charge in [0, 0.05) is 5.39 Å². The highest BCUT2D eigenvalue weighted by molar-refractivity contribution is 5.85. The molecule has 0 spiro atoms. The molecule has 0 saturated heterocycles. The van der Waals surface area contributed by atoms with E-state index in [9.17, 15) is 0 Å². The molecule has 0 radical (unpaired) electrons. The highest BCUT2D eigenvalue weighted by Gasteiger charge is 2.02. The second kappa shape index (κ2) is 3.18. The molecule has 2 rings (SSSR count). The lowest BCUT2D eigenvalue weighted by atomic mass is 10.1. The van der Waals surface area contributed by atoms with Crippen molar-refractivity contribution in [1.29, 1.82) is 0 Å². The summed E-state index contributed by atoms with van der Waals surface area (Å²) in [6.07, 6.45) is 1.67. The van der Waals surface area contributed by atoms with Gasteiger partial charge in [0.15, 0.2) is 0 Å². The molecule has 3 heteroatoms. The summed E-state index contributed by atoms with van der Waals surface area (Å²) in [5.74, 6) is 0.836. The van der Waals surface area contributed by atoms with Gasteiger partial charge in [0.1, 0.15) is 5.75 Å². The third kappa shape index (κ3) is 1.37. The number of fused-ring (bicyclic) bond motifs is 1. The fraction of sp³-hybridized carbons (Fsp3) is 0.182. The number of benzene rings is 1. The second-order valence-electron chi connectivity index (χ2n) is 3.28. The zero-order chi connectivity index (χ0) is 10.1. The summed E-state index contributed by atoms with van der Waals surface area (Å²) in [6, 6.07) is 5.80. The Balaban J connectivity index is 2.77. The average Bonchev–Trinajstić information content (AvgIpc) is 2.16. The van der Waals surface area contributed by atoms with Crippen molar-refractivity contribution in [3.8, 4) is 5.75 Å². The number of hydrogen-bond acceptors (Lipinski definition) is 3. The molecule has 14 heavy (non-hydrogen) atoms. The summed E-state index contributed by atoms with van der Waals surface area (Å²) >= 11 is 0. The number of aromatic nitrogens is 1. The Morgan fingerprint density at radius 1 is 1.29 bits per heavy atom. The molecule has 0 amide bonds. The van der Waals surface area contributed by atoms with Gasteiger partial charge in [-0.1, -0.05) is 0 Å². The number of ether oxygens (including phenoxy) is 1. The van der Waals surface area contributed by atoms with Crippen molar-refractivity contribution >= 4 is 16.6 Å². The number of anilines is 1. The third-order valence-corrected chi connectivity index (χ3v) is 2.20. The number of nitrogen functional groups attached to an aromatic ring is 1. The van der Waals surface area contributed by atoms with Crippen molar-refractivity contribution in [2.75, 3.05) is 12.8 Å². The van der Waals surface area contributed by atoms with Crippen molar-refractivity contribution in [3.63, 3.8) is 0 Å². The van der Waals surface area contributed by atoms with Gasteiger partial charge in [0.05, 0.1) is 24.5 Å². The van der Waals surface area contributed by atoms with Gasteiger partial charge < -0.3 is 10.5 Å². The number of rotatable bonds is 1. The molecule has 0 aliphatic heterocycles. The van der Waals surface area contributed by atoms with Crippen LogP contribution in [0.2, 0.25) is 0 Å². The normalized spacial score (nSPS) is 10.4. The van der Waals surface area contributed by atoms with E-state index in [1.807, 2.05) is 25.1 Å². The average molecular weight is 188 g/mol. The molecule has 2 aromatic rings. The molecular weight excluding hydrogens is 176 g/mol. The Kier molecular flexibility index (Phi) is 2.00. The molecule has 0 saturated carbocycles. The van der Waals surface area contributed by atoms with Crippen molar-refractivity contribution in [2.45, 2.75) is 6.92 Å². The lowest BCUT2D eigenvalue weighted by molar-refractivity contribution is 0.415. The van der Waals surface area contributed by atoms with Crippen LogP contribution in [0.25, 0.3) is 10.9 Å². The molecule has 0 bridgehead atoms. The summed E-state index contributed by atoms with van der Waals surface area (Å²) in [5, 5.41) is 1.02. The van der Waals surface area contributed by atoms with E-state index < -0.39 is 0 Å². The topological polar surface area (TPSA) is 48.1 Å². The lowest BCUT2D eigenvalue weighted by Crippen LogP contribution is -1.91. The number of pyridine rings is 1. The molecule has 72 valence electrons. The minimum absolute atomic E-state index is 0.671. The van der Waals surface area contributed by atoms with E-state index in [1.54, 1.807) is 13.3 Å². The fourth-order valence-electron chi connectivity index (χ4n) is 1.53. The molecule has 0 aliphatic rings. The minimum atomic E-state index is 0.671. The van der Waals surface area contributed by atoms with E-state index in [1.165, 1.54) is 0 Å². The Morgan fingerprint density at radius 3 is 2.79 bits per heavy atom. The first-order chi connectivity index (χ1) is 6.70. The van der Waals surface area contributed by atoms with E-state index >= 15 is 0 Å². The number of nitrogens with zero attached hydrogens (tertiary/aromatic N) is 1. The Hall–Kier alpha value is -1.77. The molecule has 1 heterocycles. The van der Waals surface area contributed by atoms with Crippen LogP contribution in [-0.4, -0.2) is 12.1 Å². The zero-order valence-corrected chi connectivity index (χ0v) is 8.24. The number of hydrogen-bond donors (Lipinski definition) is 1. The SMILES string of the molecule is COc1cc(C)c2ncc(N)cc2c1. The van der Waals surface area contributed by atoms with E-state index in [2.05, 4.69) is 4.98 Å². The van der Waals surface area contributed by atoms with Gasteiger partial charge in [0.2, 0.25) is 0 Å². The van der Waals surface area contributed by atoms with Gasteiger partial charge in [-0.2, -0.15) is 0 Å². The lowest BCUT2D eigenvalue weighted by Gasteiger charge is -2.05. The Morgan fingerprint density at radius 2 is 2.07 bits per heavy atom. The number of aryl methyl sites for hydroxylation is 1. The van der Waals surface area contributed by atoms with Gasteiger partial charge in [-0.25, -0.2) is 0 Å². The predicted molar refractivity (Wildman–Crippen MR) is 57.4 cm³/mol. The summed E-state index contributed by atoms with van der Waals surface area (Å²) < 4.78 is 5.17. The summed E-state index contributed by atoms with van der Waals surface area (Å²) in [4.78, 5) is 4.28. The van der Waals surface area contributed by atoms with E-state index in [0.717, 1.165) is 22.2 Å². The smallest absolute Gasteiger partial charge is 0.119 e. The van der Waals surface area contributed by atoms with Crippen LogP contribution < -0.4 is 10.5 Å². The summed E-state index contributed by atoms with van der Waals surface area (Å²) in [6.45, 7) is 2.01. The van der Waals surface area contributed by atoms with Crippen LogP contribution in [0.4, 0.5) is 5.69 Å². The maximum Gasteiger partial charge on any atom is 0.119 e. The van der Waals surface area contributed by atoms with Gasteiger partial charge in [-0.3, -0.25) is 4.98 Å². The van der Waals surface area contributed by atoms with E-state index in [0.29, 0.717) is 5.69 Å². The molecule has 2 N–H and O–H groups in total. The maximum atomic E-state index is 5.66. The van der Waals surface area contributed by atoms with Crippen LogP contribution in [0.15, 0.2) is 24.4 Å². The molecular formula is C11H12N2O. The van der Waals surface area contributed by atoms with Crippen LogP contribution in [0.1, 0.15) is 5.56 Å². The van der Waals surface area contributed by atoms with Crippen molar-refractivity contribution in [3.05, 3.63) is 30.0 Å². The van der Waals surface area contributed by atoms with Crippen molar-refractivity contribution in [2.24, 2.45) is 0 Å². The van der Waals surface area contributed by atoms with Crippen LogP contribution in [0.3, 0.4) is 0 Å². The van der Waals surface area contributed by atoms with Crippen LogP contribution >= 0.6 is 0 Å². The molecule has 1 aromatic heterocycles. The molecule has 0 atom stereocenters. The van der Waals surface area contributed by atoms with Crippen LogP contribution in [-0.2, 0) is 0 Å². The molecule has 0 unspecified atom stereocenters. The number of nitrogens with two attached hydrogens (primary N) is 1. The standard InChI is InChI=1S/C11H12N2O/c1-7-3-10(14-2)5-8-4-9(12)6-13-11(7)8/h3-6H,12H2,1-2H3. The molecule has 0 aliphatic carbocycles. The largest absolute Gasteiger partial charge is 0.497 e. The minimum Gasteiger partial charge on any atom is -0.497 e. The summed E-state index contributed by atoms with van der Waals surface area (Å²) in [5.41, 5.74) is 8.40. The number of methoxy groups -OCH3 is 1. The van der Waals surface area contributed by atoms with Crippen LogP contribution in [0, 0.1) is 6.92 Å². The van der Waals surface area contributed by atoms with E-state index in [4.69, 9.17) is 10.5 Å². The first-order valence-electron chi connectivity index (χ1n) is 4.40. The van der Waals surface area contributed by atoms with Crippen LogP contribution in [0.5, 0.6) is 5.75 Å². The van der Waals surface area contributed by atoms with Crippen molar-refractivity contribution < 1.29 is 4.74 Å². The highest BCUT2D eigenvalue weighted by atomic mass is 16.5. The van der Waals surface area contributed by atoms with E-state index in [-0.39, 0.29) is 0 Å². The van der Waals surface area contributed by atoms with Gasteiger partial charge in [-0.05, 0) is 30.7 Å². The second-order valence-corrected chi connectivity index (χ2v) is 3.28.